The second-order valence-electron chi connectivity index (χ2n) is 6.92. The Morgan fingerprint density at radius 1 is 1.26 bits per heavy atom. The first-order valence-electron chi connectivity index (χ1n) is 8.96. The summed E-state index contributed by atoms with van der Waals surface area (Å²) in [5.41, 5.74) is 1.38. The first kappa shape index (κ1) is 18.9. The van der Waals surface area contributed by atoms with Crippen LogP contribution in [0.4, 0.5) is 4.39 Å². The van der Waals surface area contributed by atoms with Gasteiger partial charge >= 0.3 is 5.97 Å². The minimum absolute atomic E-state index is 0.0521. The van der Waals surface area contributed by atoms with Crippen molar-refractivity contribution in [1.29, 1.82) is 0 Å². The molecular formula is C21H22FNO4. The number of carbonyl (C=O) groups is 2. The van der Waals surface area contributed by atoms with Gasteiger partial charge in [-0.1, -0.05) is 18.2 Å². The molecule has 0 spiro atoms. The van der Waals surface area contributed by atoms with E-state index in [1.54, 1.807) is 31.2 Å². The number of halogens is 1. The maximum atomic E-state index is 14.2. The minimum Gasteiger partial charge on any atom is -0.490 e. The summed E-state index contributed by atoms with van der Waals surface area (Å²) in [6.07, 6.45) is 2.33. The predicted octanol–water partition coefficient (Wildman–Crippen LogP) is 3.73. The second kappa shape index (κ2) is 8.20. The van der Waals surface area contributed by atoms with Crippen molar-refractivity contribution in [1.82, 2.24) is 5.32 Å². The van der Waals surface area contributed by atoms with Gasteiger partial charge in [0.05, 0.1) is 24.6 Å². The highest BCUT2D eigenvalue weighted by Gasteiger charge is 2.22. The zero-order valence-electron chi connectivity index (χ0n) is 15.1. The van der Waals surface area contributed by atoms with E-state index >= 15 is 0 Å². The average Bonchev–Trinajstić information content (AvgIpc) is 3.45. The van der Waals surface area contributed by atoms with Crippen molar-refractivity contribution in [2.45, 2.75) is 32.2 Å². The summed E-state index contributed by atoms with van der Waals surface area (Å²) in [5, 5.41) is 11.8. The van der Waals surface area contributed by atoms with E-state index in [2.05, 4.69) is 5.32 Å². The number of benzene rings is 2. The van der Waals surface area contributed by atoms with Crippen LogP contribution in [0.1, 0.15) is 47.3 Å². The average molecular weight is 371 g/mol. The van der Waals surface area contributed by atoms with E-state index in [4.69, 9.17) is 9.84 Å². The Kier molecular flexibility index (Phi) is 5.74. The molecule has 2 aromatic carbocycles. The van der Waals surface area contributed by atoms with Gasteiger partial charge in [-0.15, -0.1) is 0 Å². The number of amides is 1. The van der Waals surface area contributed by atoms with Crippen LogP contribution in [0.3, 0.4) is 0 Å². The van der Waals surface area contributed by atoms with E-state index in [-0.39, 0.29) is 29.7 Å². The fourth-order valence-electron chi connectivity index (χ4n) is 2.77. The molecule has 1 fully saturated rings. The Labute approximate surface area is 157 Å². The Morgan fingerprint density at radius 2 is 2.04 bits per heavy atom. The summed E-state index contributed by atoms with van der Waals surface area (Å²) in [5.74, 6) is -0.968. The Morgan fingerprint density at radius 3 is 2.70 bits per heavy atom. The van der Waals surface area contributed by atoms with Gasteiger partial charge in [-0.2, -0.15) is 0 Å². The number of aromatic carboxylic acids is 1. The van der Waals surface area contributed by atoms with Crippen LogP contribution < -0.4 is 10.1 Å². The summed E-state index contributed by atoms with van der Waals surface area (Å²) in [4.78, 5) is 23.2. The number of hydrogen-bond acceptors (Lipinski definition) is 3. The zero-order valence-corrected chi connectivity index (χ0v) is 15.1. The van der Waals surface area contributed by atoms with E-state index < -0.39 is 11.8 Å². The molecule has 0 radical (unpaired) electrons. The van der Waals surface area contributed by atoms with Crippen molar-refractivity contribution in [3.05, 3.63) is 65.0 Å². The van der Waals surface area contributed by atoms with Crippen LogP contribution in [-0.2, 0) is 11.2 Å². The van der Waals surface area contributed by atoms with Crippen molar-refractivity contribution >= 4 is 11.9 Å². The van der Waals surface area contributed by atoms with Crippen molar-refractivity contribution in [3.63, 3.8) is 0 Å². The van der Waals surface area contributed by atoms with Crippen LogP contribution in [0.2, 0.25) is 0 Å². The minimum atomic E-state index is -1.04. The Balaban J connectivity index is 1.58. The number of carboxylic acids is 1. The van der Waals surface area contributed by atoms with E-state index in [1.807, 2.05) is 0 Å². The fraction of sp³-hybridized carbons (Fsp3) is 0.333. The van der Waals surface area contributed by atoms with Gasteiger partial charge in [-0.05, 0) is 61.1 Å². The number of carboxylic acid groups (broad SMARTS) is 1. The van der Waals surface area contributed by atoms with Gasteiger partial charge in [0.1, 0.15) is 0 Å². The molecule has 1 atom stereocenters. The topological polar surface area (TPSA) is 75.6 Å². The molecule has 5 nitrogen and oxygen atoms in total. The molecular weight excluding hydrogens is 349 g/mol. The Hall–Kier alpha value is -2.89. The van der Waals surface area contributed by atoms with Crippen LogP contribution in [0, 0.1) is 11.7 Å². The third-order valence-corrected chi connectivity index (χ3v) is 4.54. The molecule has 1 saturated carbocycles. The quantitative estimate of drug-likeness (QED) is 0.741. The maximum absolute atomic E-state index is 14.2. The van der Waals surface area contributed by atoms with Crippen LogP contribution in [0.15, 0.2) is 42.5 Å². The Bertz CT molecular complexity index is 848. The molecule has 3 rings (SSSR count). The third kappa shape index (κ3) is 5.29. The zero-order chi connectivity index (χ0) is 19.4. The smallest absolute Gasteiger partial charge is 0.335 e. The fourth-order valence-corrected chi connectivity index (χ4v) is 2.77. The highest BCUT2D eigenvalue weighted by atomic mass is 19.1. The largest absolute Gasteiger partial charge is 0.490 e. The van der Waals surface area contributed by atoms with Gasteiger partial charge in [0.25, 0.3) is 0 Å². The lowest BCUT2D eigenvalue weighted by atomic mass is 10.1. The van der Waals surface area contributed by atoms with Gasteiger partial charge in [0, 0.05) is 0 Å². The summed E-state index contributed by atoms with van der Waals surface area (Å²) in [6, 6.07) is 10.6. The third-order valence-electron chi connectivity index (χ3n) is 4.54. The molecule has 1 amide bonds. The summed E-state index contributed by atoms with van der Waals surface area (Å²) >= 11 is 0. The lowest BCUT2D eigenvalue weighted by Gasteiger charge is -2.16. The highest BCUT2D eigenvalue weighted by molar-refractivity contribution is 5.88. The van der Waals surface area contributed by atoms with Crippen LogP contribution >= 0.6 is 0 Å². The van der Waals surface area contributed by atoms with Crippen molar-refractivity contribution in [2.24, 2.45) is 5.92 Å². The standard InChI is InChI=1S/C21H22FNO4/c1-13(16-7-8-19(18(22)11-16)27-12-14-5-6-14)23-20(24)10-15-3-2-4-17(9-15)21(25)26/h2-4,7-9,11,13-14H,5-6,10,12H2,1H3,(H,23,24)(H,25,26). The van der Waals surface area contributed by atoms with E-state index in [9.17, 15) is 14.0 Å². The molecule has 0 aliphatic heterocycles. The second-order valence-corrected chi connectivity index (χ2v) is 6.92. The van der Waals surface area contributed by atoms with Crippen molar-refractivity contribution < 1.29 is 23.8 Å². The summed E-state index contributed by atoms with van der Waals surface area (Å²) < 4.78 is 19.7. The number of rotatable bonds is 8. The summed E-state index contributed by atoms with van der Waals surface area (Å²) in [6.45, 7) is 2.31. The molecule has 1 unspecified atom stereocenters. The first-order valence-corrected chi connectivity index (χ1v) is 8.96. The van der Waals surface area contributed by atoms with Gasteiger partial charge in [0.15, 0.2) is 11.6 Å². The number of hydrogen-bond donors (Lipinski definition) is 2. The highest BCUT2D eigenvalue weighted by Crippen LogP contribution is 2.30. The molecule has 6 heteroatoms. The van der Waals surface area contributed by atoms with Gasteiger partial charge in [0.2, 0.25) is 5.91 Å². The molecule has 0 aromatic heterocycles. The van der Waals surface area contributed by atoms with Crippen molar-refractivity contribution in [3.8, 4) is 5.75 Å². The molecule has 0 bridgehead atoms. The van der Waals surface area contributed by atoms with E-state index in [0.29, 0.717) is 23.7 Å². The maximum Gasteiger partial charge on any atom is 0.335 e. The van der Waals surface area contributed by atoms with Gasteiger partial charge < -0.3 is 15.2 Å². The molecule has 2 aromatic rings. The number of nitrogens with one attached hydrogen (secondary N) is 1. The van der Waals surface area contributed by atoms with E-state index in [0.717, 1.165) is 12.8 Å². The van der Waals surface area contributed by atoms with Gasteiger partial charge in [-0.25, -0.2) is 9.18 Å². The summed E-state index contributed by atoms with van der Waals surface area (Å²) in [7, 11) is 0. The van der Waals surface area contributed by atoms with Crippen LogP contribution in [0.5, 0.6) is 5.75 Å². The lowest BCUT2D eigenvalue weighted by molar-refractivity contribution is -0.121. The van der Waals surface area contributed by atoms with Crippen LogP contribution in [0.25, 0.3) is 0 Å². The molecule has 27 heavy (non-hydrogen) atoms. The normalized spacial score (nSPS) is 14.4. The SMILES string of the molecule is CC(NC(=O)Cc1cccc(C(=O)O)c1)c1ccc(OCC2CC2)c(F)c1. The van der Waals surface area contributed by atoms with Crippen LogP contribution in [-0.4, -0.2) is 23.6 Å². The predicted molar refractivity (Wildman–Crippen MR) is 98.3 cm³/mol. The monoisotopic (exact) mass is 371 g/mol. The van der Waals surface area contributed by atoms with E-state index in [1.165, 1.54) is 18.2 Å². The van der Waals surface area contributed by atoms with Crippen molar-refractivity contribution in [2.75, 3.05) is 6.61 Å². The molecule has 1 aliphatic carbocycles. The molecule has 0 saturated heterocycles. The molecule has 142 valence electrons. The molecule has 2 N–H and O–H groups in total. The number of ether oxygens (including phenoxy) is 1. The van der Waals surface area contributed by atoms with Gasteiger partial charge in [-0.3, -0.25) is 4.79 Å². The lowest BCUT2D eigenvalue weighted by Crippen LogP contribution is -2.28. The molecule has 1 aliphatic rings. The first-order chi connectivity index (χ1) is 12.9. The number of carbonyl (C=O) groups excluding carboxylic acids is 1. The molecule has 0 heterocycles.